The van der Waals surface area contributed by atoms with Gasteiger partial charge in [0.25, 0.3) is 0 Å². The van der Waals surface area contributed by atoms with E-state index in [1.807, 2.05) is 11.8 Å². The van der Waals surface area contributed by atoms with E-state index in [0.29, 0.717) is 5.82 Å². The van der Waals surface area contributed by atoms with Crippen LogP contribution in [0.5, 0.6) is 0 Å². The van der Waals surface area contributed by atoms with Crippen LogP contribution in [-0.2, 0) is 5.41 Å². The highest BCUT2D eigenvalue weighted by atomic mass is 32.2. The Morgan fingerprint density at radius 3 is 1.79 bits per heavy atom. The molecule has 0 radical (unpaired) electrons. The van der Waals surface area contributed by atoms with Crippen LogP contribution in [0.1, 0.15) is 22.3 Å². The van der Waals surface area contributed by atoms with E-state index in [4.69, 9.17) is 9.97 Å². The average molecular weight is 920 g/mol. The van der Waals surface area contributed by atoms with E-state index in [-0.39, 0.29) is 0 Å². The largest absolute Gasteiger partial charge is 0.309 e. The topological polar surface area (TPSA) is 30.7 Å². The highest BCUT2D eigenvalue weighted by Gasteiger charge is 2.51. The molecule has 330 valence electrons. The molecular formula is C67H41N3S. The van der Waals surface area contributed by atoms with E-state index >= 15 is 0 Å². The monoisotopic (exact) mass is 919 g/mol. The van der Waals surface area contributed by atoms with Crippen LogP contribution in [0.4, 0.5) is 0 Å². The Morgan fingerprint density at radius 1 is 0.366 bits per heavy atom. The molecule has 0 saturated carbocycles. The summed E-state index contributed by atoms with van der Waals surface area (Å²) in [6.07, 6.45) is 0. The average Bonchev–Trinajstić information content (AvgIpc) is 3.94. The zero-order valence-electron chi connectivity index (χ0n) is 38.4. The highest BCUT2D eigenvalue weighted by molar-refractivity contribution is 7.99. The minimum Gasteiger partial charge on any atom is -0.309 e. The Morgan fingerprint density at radius 2 is 0.972 bits per heavy atom. The number of hydrogen-bond donors (Lipinski definition) is 0. The lowest BCUT2D eigenvalue weighted by Crippen LogP contribution is -2.32. The Labute approximate surface area is 415 Å². The van der Waals surface area contributed by atoms with Crippen molar-refractivity contribution in [3.63, 3.8) is 0 Å². The molecule has 0 N–H and O–H groups in total. The van der Waals surface area contributed by atoms with Crippen molar-refractivity contribution in [2.45, 2.75) is 15.2 Å². The molecule has 0 saturated heterocycles. The van der Waals surface area contributed by atoms with Gasteiger partial charge in [-0.3, -0.25) is 0 Å². The summed E-state index contributed by atoms with van der Waals surface area (Å²) in [5, 5.41) is 6.10. The lowest BCUT2D eigenvalue weighted by atomic mass is 9.66. The van der Waals surface area contributed by atoms with E-state index in [9.17, 15) is 0 Å². The van der Waals surface area contributed by atoms with Gasteiger partial charge < -0.3 is 4.57 Å². The molecule has 2 aliphatic rings. The molecular weight excluding hydrogens is 879 g/mol. The van der Waals surface area contributed by atoms with Crippen LogP contribution in [0.3, 0.4) is 0 Å². The number of fused-ring (bicyclic) bond motifs is 15. The molecule has 11 aromatic carbocycles. The van der Waals surface area contributed by atoms with Gasteiger partial charge in [0.1, 0.15) is 0 Å². The third-order valence-corrected chi connectivity index (χ3v) is 16.2. The van der Waals surface area contributed by atoms with Crippen molar-refractivity contribution in [3.8, 4) is 61.7 Å². The first kappa shape index (κ1) is 40.1. The Kier molecular flexibility index (Phi) is 8.81. The normalized spacial score (nSPS) is 13.1. The maximum atomic E-state index is 5.36. The minimum absolute atomic E-state index is 0.461. The first-order valence-corrected chi connectivity index (χ1v) is 25.1. The van der Waals surface area contributed by atoms with Gasteiger partial charge in [-0.15, -0.1) is 0 Å². The molecule has 0 fully saturated rings. The number of hydrogen-bond acceptors (Lipinski definition) is 3. The van der Waals surface area contributed by atoms with E-state index in [2.05, 4.69) is 253 Å². The number of benzene rings is 11. The Hall–Kier alpha value is -8.83. The van der Waals surface area contributed by atoms with Crippen molar-refractivity contribution in [3.05, 3.63) is 271 Å². The highest BCUT2D eigenvalue weighted by Crippen LogP contribution is 2.63. The molecule has 4 heteroatoms. The van der Waals surface area contributed by atoms with Crippen LogP contribution in [0.2, 0.25) is 0 Å². The molecule has 71 heavy (non-hydrogen) atoms. The Bertz CT molecular complexity index is 4270. The van der Waals surface area contributed by atoms with E-state index in [0.717, 1.165) is 44.5 Å². The van der Waals surface area contributed by atoms with E-state index in [1.165, 1.54) is 86.9 Å². The van der Waals surface area contributed by atoms with Gasteiger partial charge in [0.05, 0.1) is 27.7 Å². The number of nitrogens with zero attached hydrogens (tertiary/aromatic N) is 3. The molecule has 15 rings (SSSR count). The summed E-state index contributed by atoms with van der Waals surface area (Å²) in [5.41, 5.74) is 19.6. The predicted octanol–water partition coefficient (Wildman–Crippen LogP) is 17.4. The van der Waals surface area contributed by atoms with Gasteiger partial charge in [-0.2, -0.15) is 0 Å². The van der Waals surface area contributed by atoms with Crippen LogP contribution in [0.15, 0.2) is 259 Å². The van der Waals surface area contributed by atoms with Crippen LogP contribution in [-0.4, -0.2) is 14.5 Å². The standard InChI is InChI=1S/C67H41N3S/c1-2-18-49-43(15-1)39-40-60-63(49)54-21-5-10-28-59(54)70(60)48-17-13-16-47(41-48)42-31-37-46(38-32-42)66-68-58-27-9-4-20-53(58)65(69-66)45-35-33-44(34-36-45)50-22-14-23-52-51-19-3-6-24-55(51)67(64(50)52)56-25-7-11-29-61(56)71-62-30-12-8-26-57(62)67/h1-41H. The number of para-hydroxylation sites is 2. The molecule has 0 unspecified atom stereocenters. The quantitative estimate of drug-likeness (QED) is 0.172. The van der Waals surface area contributed by atoms with Crippen LogP contribution in [0, 0.1) is 0 Å². The lowest BCUT2D eigenvalue weighted by molar-refractivity contribution is 0.724. The first-order chi connectivity index (χ1) is 35.2. The molecule has 1 aliphatic carbocycles. The molecule has 0 bridgehead atoms. The second-order valence-electron chi connectivity index (χ2n) is 18.8. The van der Waals surface area contributed by atoms with Gasteiger partial charge in [0.2, 0.25) is 0 Å². The van der Waals surface area contributed by atoms with Crippen molar-refractivity contribution in [2.24, 2.45) is 0 Å². The zero-order valence-corrected chi connectivity index (χ0v) is 39.2. The molecule has 1 aliphatic heterocycles. The van der Waals surface area contributed by atoms with E-state index < -0.39 is 5.41 Å². The SMILES string of the molecule is c1cc(-c2ccc(-c3nc(-c4ccc(-c5cccc6c5C5(c7ccccc7Sc7ccccc75)c5ccccc5-6)cc4)c4ccccc4n3)cc2)cc(-n2c3ccccc3c3c4ccccc4ccc32)c1. The summed E-state index contributed by atoms with van der Waals surface area (Å²) in [4.78, 5) is 13.1. The zero-order chi connectivity index (χ0) is 46.6. The molecule has 3 nitrogen and oxygen atoms in total. The minimum atomic E-state index is -0.461. The van der Waals surface area contributed by atoms with Crippen molar-refractivity contribution in [1.29, 1.82) is 0 Å². The summed E-state index contributed by atoms with van der Waals surface area (Å²) in [5.74, 6) is 0.702. The second-order valence-corrected chi connectivity index (χ2v) is 19.9. The van der Waals surface area contributed by atoms with Crippen molar-refractivity contribution < 1.29 is 0 Å². The summed E-state index contributed by atoms with van der Waals surface area (Å²) < 4.78 is 2.40. The van der Waals surface area contributed by atoms with Gasteiger partial charge in [-0.25, -0.2) is 9.97 Å². The summed E-state index contributed by atoms with van der Waals surface area (Å²) >= 11 is 1.88. The fraction of sp³-hybridized carbons (Fsp3) is 0.0149. The molecule has 2 aromatic heterocycles. The third-order valence-electron chi connectivity index (χ3n) is 15.1. The van der Waals surface area contributed by atoms with Gasteiger partial charge in [0.15, 0.2) is 5.82 Å². The van der Waals surface area contributed by atoms with Crippen LogP contribution >= 0.6 is 11.8 Å². The molecule has 1 spiro atoms. The van der Waals surface area contributed by atoms with Crippen molar-refractivity contribution in [2.75, 3.05) is 0 Å². The van der Waals surface area contributed by atoms with Gasteiger partial charge >= 0.3 is 0 Å². The van der Waals surface area contributed by atoms with Crippen molar-refractivity contribution in [1.82, 2.24) is 14.5 Å². The molecule has 0 atom stereocenters. The fourth-order valence-electron chi connectivity index (χ4n) is 12.0. The smallest absolute Gasteiger partial charge is 0.160 e. The maximum Gasteiger partial charge on any atom is 0.160 e. The molecule has 13 aromatic rings. The Balaban J connectivity index is 0.806. The molecule has 3 heterocycles. The number of rotatable bonds is 5. The van der Waals surface area contributed by atoms with Crippen LogP contribution in [0.25, 0.3) is 105 Å². The summed E-state index contributed by atoms with van der Waals surface area (Å²) in [7, 11) is 0. The van der Waals surface area contributed by atoms with E-state index in [1.54, 1.807) is 0 Å². The fourth-order valence-corrected chi connectivity index (χ4v) is 13.2. The predicted molar refractivity (Wildman–Crippen MR) is 295 cm³/mol. The van der Waals surface area contributed by atoms with Crippen molar-refractivity contribution >= 4 is 55.2 Å². The second kappa shape index (κ2) is 15.6. The first-order valence-electron chi connectivity index (χ1n) is 24.3. The number of aromatic nitrogens is 3. The van der Waals surface area contributed by atoms with Gasteiger partial charge in [-0.1, -0.05) is 218 Å². The van der Waals surface area contributed by atoms with Gasteiger partial charge in [-0.05, 0) is 109 Å². The van der Waals surface area contributed by atoms with Crippen LogP contribution < -0.4 is 0 Å². The summed E-state index contributed by atoms with van der Waals surface area (Å²) in [6, 6.07) is 90.9. The molecule has 0 amide bonds. The maximum absolute atomic E-state index is 5.36. The third kappa shape index (κ3) is 5.92. The lowest BCUT2D eigenvalue weighted by Gasteiger charge is -2.40. The summed E-state index contributed by atoms with van der Waals surface area (Å²) in [6.45, 7) is 0. The van der Waals surface area contributed by atoms with Gasteiger partial charge in [0, 0.05) is 42.8 Å².